The Bertz CT molecular complexity index is 177. The van der Waals surface area contributed by atoms with Crippen LogP contribution in [0.2, 0.25) is 0 Å². The first-order valence-corrected chi connectivity index (χ1v) is 5.82. The summed E-state index contributed by atoms with van der Waals surface area (Å²) in [6, 6.07) is 8.66. The molecule has 0 unspecified atom stereocenters. The van der Waals surface area contributed by atoms with Crippen molar-refractivity contribution in [3.05, 3.63) is 29.8 Å². The molecule has 0 saturated heterocycles. The molecular formula is C11H16Br-. The third-order valence-corrected chi connectivity index (χ3v) is 2.64. The average molecular weight is 228 g/mol. The van der Waals surface area contributed by atoms with Gasteiger partial charge >= 0.3 is 0 Å². The van der Waals surface area contributed by atoms with Crippen LogP contribution in [0.15, 0.2) is 24.3 Å². The Morgan fingerprint density at radius 1 is 1.17 bits per heavy atom. The topological polar surface area (TPSA) is 0 Å². The zero-order valence-electron chi connectivity index (χ0n) is 7.43. The van der Waals surface area contributed by atoms with Crippen LogP contribution in [0.1, 0.15) is 31.2 Å². The molecule has 0 fully saturated rings. The molecule has 0 N–H and O–H groups in total. The van der Waals surface area contributed by atoms with Crippen LogP contribution in [-0.4, -0.2) is 5.33 Å². The van der Waals surface area contributed by atoms with Crippen molar-refractivity contribution in [2.75, 3.05) is 5.33 Å². The van der Waals surface area contributed by atoms with Gasteiger partial charge < -0.3 is 0 Å². The zero-order chi connectivity index (χ0) is 8.65. The van der Waals surface area contributed by atoms with E-state index >= 15 is 0 Å². The molecule has 0 spiro atoms. The summed E-state index contributed by atoms with van der Waals surface area (Å²) in [6.07, 6.45) is 6.66. The predicted molar refractivity (Wildman–Crippen MR) is 58.0 cm³/mol. The Hall–Kier alpha value is -0.170. The van der Waals surface area contributed by atoms with Gasteiger partial charge in [0.1, 0.15) is 0 Å². The molecule has 0 heterocycles. The summed E-state index contributed by atoms with van der Waals surface area (Å²) in [4.78, 5) is 0. The first kappa shape index (κ1) is 9.91. The van der Waals surface area contributed by atoms with Crippen LogP contribution in [0.25, 0.3) is 0 Å². The predicted octanol–water partition coefficient (Wildman–Crippen LogP) is 3.90. The monoisotopic (exact) mass is 227 g/mol. The molecule has 0 saturated carbocycles. The smallest absolute Gasteiger partial charge is 0.00313 e. The third-order valence-electron chi connectivity index (χ3n) is 2.08. The molecule has 1 rings (SSSR count). The van der Waals surface area contributed by atoms with E-state index in [0.29, 0.717) is 0 Å². The van der Waals surface area contributed by atoms with Gasteiger partial charge in [-0.15, -0.1) is 0 Å². The van der Waals surface area contributed by atoms with E-state index in [1.165, 1.54) is 37.7 Å². The second-order valence-electron chi connectivity index (χ2n) is 3.15. The van der Waals surface area contributed by atoms with Crippen molar-refractivity contribution in [1.82, 2.24) is 0 Å². The molecule has 1 aromatic rings. The van der Waals surface area contributed by atoms with E-state index < -0.39 is 0 Å². The van der Waals surface area contributed by atoms with Crippen molar-refractivity contribution in [3.8, 4) is 0 Å². The number of unbranched alkanes of at least 4 members (excludes halogenated alkanes) is 3. The third kappa shape index (κ3) is 4.01. The summed E-state index contributed by atoms with van der Waals surface area (Å²) in [5.74, 6) is 0. The van der Waals surface area contributed by atoms with Crippen LogP contribution in [0.3, 0.4) is 0 Å². The number of hydrogen-bond donors (Lipinski definition) is 0. The van der Waals surface area contributed by atoms with Crippen molar-refractivity contribution < 1.29 is 0 Å². The van der Waals surface area contributed by atoms with Gasteiger partial charge in [-0.05, 0) is 6.42 Å². The number of aryl methyl sites for hydroxylation is 1. The van der Waals surface area contributed by atoms with Crippen LogP contribution in [-0.2, 0) is 6.42 Å². The lowest BCUT2D eigenvalue weighted by Gasteiger charge is -2.02. The number of hydrogen-bond acceptors (Lipinski definition) is 0. The maximum Gasteiger partial charge on any atom is 0.00313 e. The molecule has 0 aromatic heterocycles. The molecule has 0 atom stereocenters. The number of halogens is 1. The number of rotatable bonds is 6. The molecule has 1 aromatic carbocycles. The summed E-state index contributed by atoms with van der Waals surface area (Å²) >= 11 is 3.44. The van der Waals surface area contributed by atoms with E-state index in [-0.39, 0.29) is 0 Å². The molecule has 0 aliphatic rings. The van der Waals surface area contributed by atoms with Crippen LogP contribution in [0.5, 0.6) is 0 Å². The van der Waals surface area contributed by atoms with Crippen LogP contribution >= 0.6 is 15.9 Å². The highest BCUT2D eigenvalue weighted by Crippen LogP contribution is 2.08. The molecule has 0 amide bonds. The lowest BCUT2D eigenvalue weighted by Crippen LogP contribution is -1.83. The lowest BCUT2D eigenvalue weighted by atomic mass is 10.1. The fraction of sp³-hybridized carbons (Fsp3) is 0.545. The molecule has 0 bridgehead atoms. The summed E-state index contributed by atoms with van der Waals surface area (Å²) in [7, 11) is 0. The van der Waals surface area contributed by atoms with Crippen molar-refractivity contribution in [2.45, 2.75) is 32.1 Å². The SMILES string of the molecule is BrCCCCCCc1cc[cH-]c1. The van der Waals surface area contributed by atoms with E-state index in [2.05, 4.69) is 40.2 Å². The molecule has 68 valence electrons. The Kier molecular flexibility index (Phi) is 5.25. The minimum absolute atomic E-state index is 1.16. The minimum Gasteiger partial charge on any atom is -0.211 e. The minimum atomic E-state index is 1.16. The van der Waals surface area contributed by atoms with Crippen molar-refractivity contribution in [2.24, 2.45) is 0 Å². The lowest BCUT2D eigenvalue weighted by molar-refractivity contribution is 0.672. The highest BCUT2D eigenvalue weighted by Gasteiger charge is 1.87. The summed E-state index contributed by atoms with van der Waals surface area (Å²) in [5.41, 5.74) is 1.49. The second kappa shape index (κ2) is 6.36. The molecule has 0 aliphatic heterocycles. The van der Waals surface area contributed by atoms with Crippen molar-refractivity contribution in [3.63, 3.8) is 0 Å². The fourth-order valence-corrected chi connectivity index (χ4v) is 1.75. The molecule has 0 aliphatic carbocycles. The van der Waals surface area contributed by atoms with Gasteiger partial charge in [0, 0.05) is 5.33 Å². The molecule has 12 heavy (non-hydrogen) atoms. The van der Waals surface area contributed by atoms with Gasteiger partial charge in [-0.3, -0.25) is 0 Å². The summed E-state index contributed by atoms with van der Waals surface area (Å²) in [5, 5.41) is 1.16. The normalized spacial score (nSPS) is 10.4. The van der Waals surface area contributed by atoms with Gasteiger partial charge in [-0.1, -0.05) is 41.6 Å². The summed E-state index contributed by atoms with van der Waals surface area (Å²) in [6.45, 7) is 0. The highest BCUT2D eigenvalue weighted by molar-refractivity contribution is 9.09. The van der Waals surface area contributed by atoms with Crippen LogP contribution in [0.4, 0.5) is 0 Å². The zero-order valence-corrected chi connectivity index (χ0v) is 9.02. The van der Waals surface area contributed by atoms with E-state index in [4.69, 9.17) is 0 Å². The van der Waals surface area contributed by atoms with E-state index in [0.717, 1.165) is 5.33 Å². The quantitative estimate of drug-likeness (QED) is 0.393. The van der Waals surface area contributed by atoms with Crippen molar-refractivity contribution >= 4 is 15.9 Å². The molecule has 0 nitrogen and oxygen atoms in total. The van der Waals surface area contributed by atoms with E-state index in [1.54, 1.807) is 0 Å². The Balaban J connectivity index is 1.96. The maximum absolute atomic E-state index is 3.44. The second-order valence-corrected chi connectivity index (χ2v) is 3.94. The maximum atomic E-state index is 3.44. The van der Waals surface area contributed by atoms with Gasteiger partial charge in [-0.25, -0.2) is 6.07 Å². The first-order chi connectivity index (χ1) is 5.93. The van der Waals surface area contributed by atoms with Crippen LogP contribution < -0.4 is 0 Å². The Morgan fingerprint density at radius 2 is 2.00 bits per heavy atom. The van der Waals surface area contributed by atoms with E-state index in [1.807, 2.05) is 0 Å². The molecular weight excluding hydrogens is 212 g/mol. The van der Waals surface area contributed by atoms with Gasteiger partial charge in [0.05, 0.1) is 0 Å². The summed E-state index contributed by atoms with van der Waals surface area (Å²) < 4.78 is 0. The van der Waals surface area contributed by atoms with Gasteiger partial charge in [0.15, 0.2) is 0 Å². The van der Waals surface area contributed by atoms with Gasteiger partial charge in [0.2, 0.25) is 0 Å². The van der Waals surface area contributed by atoms with E-state index in [9.17, 15) is 0 Å². The molecule has 1 heteroatoms. The van der Waals surface area contributed by atoms with Gasteiger partial charge in [-0.2, -0.15) is 23.8 Å². The number of alkyl halides is 1. The van der Waals surface area contributed by atoms with Crippen molar-refractivity contribution in [1.29, 1.82) is 0 Å². The standard InChI is InChI=1S/C11H16Br/c12-10-6-2-1-3-7-11-8-4-5-9-11/h4-5,8-9H,1-3,6-7,10H2/q-1. The largest absolute Gasteiger partial charge is 0.211 e. The van der Waals surface area contributed by atoms with Crippen LogP contribution in [0, 0.1) is 0 Å². The average Bonchev–Trinajstić information content (AvgIpc) is 2.57. The fourth-order valence-electron chi connectivity index (χ4n) is 1.36. The Morgan fingerprint density at radius 3 is 2.67 bits per heavy atom. The Labute approximate surface area is 83.5 Å². The highest BCUT2D eigenvalue weighted by atomic mass is 79.9. The first-order valence-electron chi connectivity index (χ1n) is 4.70. The molecule has 0 radical (unpaired) electrons. The van der Waals surface area contributed by atoms with Gasteiger partial charge in [0.25, 0.3) is 0 Å².